The predicted octanol–water partition coefficient (Wildman–Crippen LogP) is 3.34. The predicted molar refractivity (Wildman–Crippen MR) is 75.7 cm³/mol. The largest absolute Gasteiger partial charge is 0.359 e. The van der Waals surface area contributed by atoms with E-state index in [0.29, 0.717) is 11.3 Å². The first-order valence-electron chi connectivity index (χ1n) is 5.85. The van der Waals surface area contributed by atoms with Crippen molar-refractivity contribution < 1.29 is 4.79 Å². The van der Waals surface area contributed by atoms with Gasteiger partial charge in [-0.05, 0) is 23.6 Å². The lowest BCUT2D eigenvalue weighted by atomic mass is 10.1. The first-order chi connectivity index (χ1) is 9.33. The highest BCUT2D eigenvalue weighted by Gasteiger charge is 2.16. The smallest absolute Gasteiger partial charge is 0.211 e. The maximum Gasteiger partial charge on any atom is 0.211 e. The van der Waals surface area contributed by atoms with Crippen molar-refractivity contribution in [2.75, 3.05) is 0 Å². The average molecular weight is 267 g/mol. The van der Waals surface area contributed by atoms with Gasteiger partial charge in [-0.2, -0.15) is 0 Å². The summed E-state index contributed by atoms with van der Waals surface area (Å²) in [6.07, 6.45) is 5.16. The molecule has 19 heavy (non-hydrogen) atoms. The summed E-state index contributed by atoms with van der Waals surface area (Å²) in [6, 6.07) is 5.75. The normalized spacial score (nSPS) is 11.4. The number of hydrogen-bond acceptors (Lipinski definition) is 3. The Hall–Kier alpha value is -2.40. The molecule has 0 aromatic carbocycles. The molecule has 4 nitrogen and oxygen atoms in total. The van der Waals surface area contributed by atoms with E-state index in [0.717, 1.165) is 21.1 Å². The van der Waals surface area contributed by atoms with Gasteiger partial charge in [0.25, 0.3) is 0 Å². The van der Waals surface area contributed by atoms with Gasteiger partial charge >= 0.3 is 0 Å². The fraction of sp³-hybridized carbons (Fsp3) is 0. The Morgan fingerprint density at radius 2 is 2.26 bits per heavy atom. The first-order valence-corrected chi connectivity index (χ1v) is 6.73. The van der Waals surface area contributed by atoms with Gasteiger partial charge < -0.3 is 9.97 Å². The molecule has 0 bridgehead atoms. The number of H-pyrrole nitrogens is 2. The highest BCUT2D eigenvalue weighted by atomic mass is 32.1. The van der Waals surface area contributed by atoms with Gasteiger partial charge in [-0.1, -0.05) is 0 Å². The quantitative estimate of drug-likeness (QED) is 0.547. The molecule has 0 amide bonds. The second kappa shape index (κ2) is 3.80. The third-order valence-electron chi connectivity index (χ3n) is 3.22. The van der Waals surface area contributed by atoms with Crippen molar-refractivity contribution >= 4 is 38.2 Å². The minimum absolute atomic E-state index is 0.000787. The van der Waals surface area contributed by atoms with Crippen LogP contribution in [-0.2, 0) is 0 Å². The molecule has 0 fully saturated rings. The van der Waals surface area contributed by atoms with Crippen LogP contribution in [0.15, 0.2) is 42.2 Å². The van der Waals surface area contributed by atoms with E-state index in [1.54, 1.807) is 29.9 Å². The monoisotopic (exact) mass is 267 g/mol. The number of hydrogen-bond donors (Lipinski definition) is 2. The van der Waals surface area contributed by atoms with E-state index in [9.17, 15) is 4.79 Å². The molecule has 0 atom stereocenters. The van der Waals surface area contributed by atoms with Crippen molar-refractivity contribution in [3.8, 4) is 0 Å². The van der Waals surface area contributed by atoms with Crippen LogP contribution in [0.25, 0.3) is 21.1 Å². The number of rotatable bonds is 2. The lowest BCUT2D eigenvalue weighted by molar-refractivity contribution is 0.103. The molecule has 4 aromatic rings. The minimum atomic E-state index is 0.000787. The van der Waals surface area contributed by atoms with E-state index in [2.05, 4.69) is 15.0 Å². The fourth-order valence-electron chi connectivity index (χ4n) is 2.28. The van der Waals surface area contributed by atoms with E-state index in [1.807, 2.05) is 23.6 Å². The highest BCUT2D eigenvalue weighted by molar-refractivity contribution is 7.16. The highest BCUT2D eigenvalue weighted by Crippen LogP contribution is 2.24. The Morgan fingerprint density at radius 3 is 3.16 bits per heavy atom. The summed E-state index contributed by atoms with van der Waals surface area (Å²) in [4.78, 5) is 23.8. The third-order valence-corrected chi connectivity index (χ3v) is 4.06. The Kier molecular flexibility index (Phi) is 2.10. The molecule has 0 saturated heterocycles. The van der Waals surface area contributed by atoms with E-state index < -0.39 is 0 Å². The van der Waals surface area contributed by atoms with Gasteiger partial charge in [-0.3, -0.25) is 9.78 Å². The molecule has 0 aliphatic rings. The van der Waals surface area contributed by atoms with Crippen LogP contribution in [0.1, 0.15) is 16.1 Å². The molecule has 4 heterocycles. The lowest BCUT2D eigenvalue weighted by Gasteiger charge is -1.95. The van der Waals surface area contributed by atoms with Crippen LogP contribution in [0, 0.1) is 0 Å². The van der Waals surface area contributed by atoms with Crippen molar-refractivity contribution in [1.29, 1.82) is 0 Å². The molecular formula is C14H9N3OS. The van der Waals surface area contributed by atoms with Crippen LogP contribution in [0.4, 0.5) is 0 Å². The number of aromatic amines is 2. The molecule has 5 heteroatoms. The molecule has 4 aromatic heterocycles. The van der Waals surface area contributed by atoms with Crippen LogP contribution in [0.5, 0.6) is 0 Å². The first kappa shape index (κ1) is 10.5. The number of aromatic nitrogens is 3. The third kappa shape index (κ3) is 1.52. The zero-order valence-electron chi connectivity index (χ0n) is 9.81. The second-order valence-corrected chi connectivity index (χ2v) is 5.26. The second-order valence-electron chi connectivity index (χ2n) is 4.34. The average Bonchev–Trinajstić information content (AvgIpc) is 3.11. The van der Waals surface area contributed by atoms with Gasteiger partial charge in [0.2, 0.25) is 5.78 Å². The molecule has 2 N–H and O–H groups in total. The van der Waals surface area contributed by atoms with Gasteiger partial charge in [0.15, 0.2) is 0 Å². The molecule has 0 saturated carbocycles. The van der Waals surface area contributed by atoms with E-state index in [4.69, 9.17) is 0 Å². The van der Waals surface area contributed by atoms with Gasteiger partial charge in [0, 0.05) is 28.7 Å². The van der Waals surface area contributed by atoms with E-state index in [-0.39, 0.29) is 5.78 Å². The summed E-state index contributed by atoms with van der Waals surface area (Å²) in [5.74, 6) is 0.000787. The zero-order chi connectivity index (χ0) is 12.8. The number of fused-ring (bicyclic) bond motifs is 2. The summed E-state index contributed by atoms with van der Waals surface area (Å²) in [6.45, 7) is 0. The number of pyridine rings is 1. The number of ketones is 1. The van der Waals surface area contributed by atoms with Crippen LogP contribution >= 0.6 is 11.3 Å². The standard InChI is InChI=1S/C14H9N3OS/c18-13(11-5-8-2-4-19-14(8)17-11)10-6-16-12-7-15-3-1-9(10)12/h1-7,16-17H. The van der Waals surface area contributed by atoms with Gasteiger partial charge in [0.05, 0.1) is 17.4 Å². The molecule has 0 radical (unpaired) electrons. The van der Waals surface area contributed by atoms with Gasteiger partial charge in [-0.15, -0.1) is 11.3 Å². The molecule has 0 aliphatic carbocycles. The number of carbonyl (C=O) groups is 1. The Labute approximate surface area is 112 Å². The van der Waals surface area contributed by atoms with Gasteiger partial charge in [0.1, 0.15) is 4.83 Å². The number of carbonyl (C=O) groups excluding carboxylic acids is 1. The molecular weight excluding hydrogens is 258 g/mol. The van der Waals surface area contributed by atoms with E-state index in [1.165, 1.54) is 0 Å². The van der Waals surface area contributed by atoms with Crippen molar-refractivity contribution in [1.82, 2.24) is 15.0 Å². The van der Waals surface area contributed by atoms with Crippen LogP contribution in [0.3, 0.4) is 0 Å². The molecule has 4 rings (SSSR count). The van der Waals surface area contributed by atoms with Gasteiger partial charge in [-0.25, -0.2) is 0 Å². The maximum absolute atomic E-state index is 12.5. The molecule has 0 aliphatic heterocycles. The molecule has 0 unspecified atom stereocenters. The summed E-state index contributed by atoms with van der Waals surface area (Å²) in [5.41, 5.74) is 2.17. The van der Waals surface area contributed by atoms with Crippen molar-refractivity contribution in [3.05, 3.63) is 53.4 Å². The topological polar surface area (TPSA) is 61.5 Å². The molecule has 92 valence electrons. The lowest BCUT2D eigenvalue weighted by Crippen LogP contribution is -2.00. The van der Waals surface area contributed by atoms with Crippen LogP contribution in [-0.4, -0.2) is 20.7 Å². The van der Waals surface area contributed by atoms with Crippen LogP contribution < -0.4 is 0 Å². The molecule has 0 spiro atoms. The fourth-order valence-corrected chi connectivity index (χ4v) is 3.06. The SMILES string of the molecule is O=C(c1cc2ccsc2[nH]1)c1c[nH]c2cnccc12. The Bertz CT molecular complexity index is 871. The maximum atomic E-state index is 12.5. The van der Waals surface area contributed by atoms with Crippen molar-refractivity contribution in [3.63, 3.8) is 0 Å². The Morgan fingerprint density at radius 1 is 1.32 bits per heavy atom. The number of thiophene rings is 1. The number of nitrogens with zero attached hydrogens (tertiary/aromatic N) is 1. The number of nitrogens with one attached hydrogen (secondary N) is 2. The van der Waals surface area contributed by atoms with Crippen molar-refractivity contribution in [2.24, 2.45) is 0 Å². The van der Waals surface area contributed by atoms with Crippen LogP contribution in [0.2, 0.25) is 0 Å². The summed E-state index contributed by atoms with van der Waals surface area (Å²) in [7, 11) is 0. The van der Waals surface area contributed by atoms with Crippen molar-refractivity contribution in [2.45, 2.75) is 0 Å². The summed E-state index contributed by atoms with van der Waals surface area (Å²) < 4.78 is 0. The zero-order valence-corrected chi connectivity index (χ0v) is 10.6. The summed E-state index contributed by atoms with van der Waals surface area (Å²) >= 11 is 1.60. The minimum Gasteiger partial charge on any atom is -0.359 e. The Balaban J connectivity index is 1.87. The van der Waals surface area contributed by atoms with E-state index >= 15 is 0 Å². The summed E-state index contributed by atoms with van der Waals surface area (Å²) in [5, 5.41) is 3.99.